The number of morpholine rings is 1. The van der Waals surface area contributed by atoms with Crippen LogP contribution in [0.15, 0.2) is 17.8 Å². The number of hydrogen-bond acceptors (Lipinski definition) is 9. The van der Waals surface area contributed by atoms with E-state index in [0.29, 0.717) is 24.4 Å². The molecule has 0 spiro atoms. The first-order chi connectivity index (χ1) is 21.9. The summed E-state index contributed by atoms with van der Waals surface area (Å²) in [6.45, 7) is 5.72. The monoisotopic (exact) mass is 634 g/mol. The van der Waals surface area contributed by atoms with Crippen LogP contribution in [0.3, 0.4) is 0 Å². The molecule has 1 aromatic heterocycles. The number of halogens is 3. The number of hydrogen-bond donors (Lipinski definition) is 1. The van der Waals surface area contributed by atoms with Crippen LogP contribution >= 0.6 is 11.6 Å². The van der Waals surface area contributed by atoms with E-state index >= 15 is 4.39 Å². The molecule has 0 radical (unpaired) electrons. The van der Waals surface area contributed by atoms with Gasteiger partial charge in [-0.05, 0) is 37.3 Å². The van der Waals surface area contributed by atoms with Gasteiger partial charge in [-0.25, -0.2) is 8.78 Å². The third-order valence-electron chi connectivity index (χ3n) is 9.99. The van der Waals surface area contributed by atoms with Gasteiger partial charge in [-0.1, -0.05) is 17.7 Å². The smallest absolute Gasteiger partial charge is 0.319 e. The van der Waals surface area contributed by atoms with Crippen molar-refractivity contribution in [3.8, 4) is 29.0 Å². The molecule has 5 aliphatic rings. The molecule has 8 rings (SSSR count). The summed E-state index contributed by atoms with van der Waals surface area (Å²) in [4.78, 5) is 14.1. The fourth-order valence-corrected chi connectivity index (χ4v) is 7.76. The normalized spacial score (nSPS) is 22.0. The molecule has 1 unspecified atom stereocenters. The average Bonchev–Trinajstić information content (AvgIpc) is 3.48. The van der Waals surface area contributed by atoms with E-state index in [2.05, 4.69) is 20.9 Å². The van der Waals surface area contributed by atoms with Gasteiger partial charge in [0.15, 0.2) is 11.6 Å². The van der Waals surface area contributed by atoms with Crippen molar-refractivity contribution in [1.29, 1.82) is 5.26 Å². The third-order valence-corrected chi connectivity index (χ3v) is 10.4. The van der Waals surface area contributed by atoms with Gasteiger partial charge in [0, 0.05) is 72.9 Å². The van der Waals surface area contributed by atoms with E-state index in [1.807, 2.05) is 0 Å². The van der Waals surface area contributed by atoms with Gasteiger partial charge in [0.25, 0.3) is 0 Å². The second-order valence-electron chi connectivity index (χ2n) is 12.8. The van der Waals surface area contributed by atoms with Gasteiger partial charge in [0.2, 0.25) is 0 Å². The van der Waals surface area contributed by atoms with Crippen molar-refractivity contribution in [2.24, 2.45) is 11.1 Å². The maximum absolute atomic E-state index is 17.0. The zero-order valence-corrected chi connectivity index (χ0v) is 25.6. The molecule has 2 N–H and O–H groups in total. The molecule has 45 heavy (non-hydrogen) atoms. The Labute approximate surface area is 264 Å². The number of benzene rings is 2. The zero-order valence-electron chi connectivity index (χ0n) is 24.8. The van der Waals surface area contributed by atoms with Crippen LogP contribution < -0.4 is 20.1 Å². The van der Waals surface area contributed by atoms with Crippen LogP contribution in [-0.4, -0.2) is 73.5 Å². The fourth-order valence-electron chi connectivity index (χ4n) is 7.42. The molecule has 9 nitrogen and oxygen atoms in total. The van der Waals surface area contributed by atoms with E-state index in [-0.39, 0.29) is 73.7 Å². The highest BCUT2D eigenvalue weighted by molar-refractivity contribution is 6.36. The molecule has 2 aliphatic carbocycles. The minimum atomic E-state index is -0.710. The summed E-state index contributed by atoms with van der Waals surface area (Å²) in [5.74, 6) is -0.411. The molecule has 234 valence electrons. The summed E-state index contributed by atoms with van der Waals surface area (Å²) in [6.07, 6.45) is 4.84. The standard InChI is InChI=1S/C33H33ClF2N6O3/c34-27-25(19-3-4-22(35)20-14-23(38)21(15-37)24(19)20)28(36)29-26-30(27)44-11-5-18-2-1-8-42(18)31(26)40-32(39-29)45-17-33(6-7-33)16-41-9-12-43-13-10-41/h3-4,18H,1-2,5-14,16-17,38H2. The zero-order chi connectivity index (χ0) is 30.9. The minimum absolute atomic E-state index is 0.00400. The van der Waals surface area contributed by atoms with Gasteiger partial charge in [-0.15, -0.1) is 0 Å². The van der Waals surface area contributed by atoms with Gasteiger partial charge in [0.1, 0.15) is 23.2 Å². The van der Waals surface area contributed by atoms with E-state index in [1.165, 1.54) is 12.1 Å². The highest BCUT2D eigenvalue weighted by atomic mass is 35.5. The Hall–Kier alpha value is -3.72. The summed E-state index contributed by atoms with van der Waals surface area (Å²) in [5, 5.41) is 10.3. The first kappa shape index (κ1) is 28.7. The first-order valence-electron chi connectivity index (χ1n) is 15.6. The molecular weight excluding hydrogens is 602 g/mol. The maximum atomic E-state index is 17.0. The van der Waals surface area contributed by atoms with Gasteiger partial charge in [-0.3, -0.25) is 4.90 Å². The predicted molar refractivity (Wildman–Crippen MR) is 165 cm³/mol. The van der Waals surface area contributed by atoms with Crippen LogP contribution in [0.2, 0.25) is 5.02 Å². The molecule has 2 aromatic carbocycles. The highest BCUT2D eigenvalue weighted by Crippen LogP contribution is 2.51. The Morgan fingerprint density at radius 3 is 2.71 bits per heavy atom. The molecule has 3 fully saturated rings. The van der Waals surface area contributed by atoms with Gasteiger partial charge >= 0.3 is 6.01 Å². The number of nitrogens with zero attached hydrogens (tertiary/aromatic N) is 5. The van der Waals surface area contributed by atoms with Crippen LogP contribution in [-0.2, 0) is 11.2 Å². The summed E-state index contributed by atoms with van der Waals surface area (Å²) in [5.41, 5.74) is 7.23. The molecule has 12 heteroatoms. The van der Waals surface area contributed by atoms with Crippen molar-refractivity contribution in [2.45, 2.75) is 44.6 Å². The lowest BCUT2D eigenvalue weighted by Crippen LogP contribution is -2.41. The number of ether oxygens (including phenoxy) is 3. The lowest BCUT2D eigenvalue weighted by atomic mass is 9.92. The lowest BCUT2D eigenvalue weighted by Gasteiger charge is -2.31. The Morgan fingerprint density at radius 1 is 1.11 bits per heavy atom. The van der Waals surface area contributed by atoms with Gasteiger partial charge in [-0.2, -0.15) is 15.2 Å². The molecule has 1 saturated carbocycles. The number of nitriles is 1. The van der Waals surface area contributed by atoms with E-state index in [9.17, 15) is 9.65 Å². The summed E-state index contributed by atoms with van der Waals surface area (Å²) < 4.78 is 50.1. The van der Waals surface area contributed by atoms with Crippen molar-refractivity contribution < 1.29 is 23.0 Å². The summed E-state index contributed by atoms with van der Waals surface area (Å²) >= 11 is 7.02. The van der Waals surface area contributed by atoms with Crippen LogP contribution in [0.1, 0.15) is 43.2 Å². The first-order valence-corrected chi connectivity index (χ1v) is 16.0. The van der Waals surface area contributed by atoms with Crippen molar-refractivity contribution in [2.75, 3.05) is 57.5 Å². The molecule has 4 heterocycles. The quantitative estimate of drug-likeness (QED) is 0.390. The van der Waals surface area contributed by atoms with E-state index in [4.69, 9.17) is 36.5 Å². The van der Waals surface area contributed by atoms with Crippen LogP contribution in [0.5, 0.6) is 11.8 Å². The summed E-state index contributed by atoms with van der Waals surface area (Å²) in [6, 6.07) is 5.06. The number of anilines is 1. The topological polar surface area (TPSA) is 110 Å². The second kappa shape index (κ2) is 11.0. The van der Waals surface area contributed by atoms with Crippen LogP contribution in [0, 0.1) is 28.4 Å². The second-order valence-corrected chi connectivity index (χ2v) is 13.2. The molecule has 0 bridgehead atoms. The van der Waals surface area contributed by atoms with E-state index in [0.717, 1.165) is 71.5 Å². The Kier molecular flexibility index (Phi) is 7.00. The molecule has 0 amide bonds. The number of aromatic nitrogens is 2. The predicted octanol–water partition coefficient (Wildman–Crippen LogP) is 5.22. The third kappa shape index (κ3) is 4.77. The van der Waals surface area contributed by atoms with Crippen LogP contribution in [0.25, 0.3) is 27.6 Å². The number of nitrogens with two attached hydrogens (primary N) is 1. The summed E-state index contributed by atoms with van der Waals surface area (Å²) in [7, 11) is 0. The van der Waals surface area contributed by atoms with Crippen molar-refractivity contribution in [3.05, 3.63) is 45.6 Å². The highest BCUT2D eigenvalue weighted by Gasteiger charge is 2.45. The molecular formula is C33H33ClF2N6O3. The Bertz CT molecular complexity index is 1800. The van der Waals surface area contributed by atoms with Crippen molar-refractivity contribution >= 4 is 33.9 Å². The van der Waals surface area contributed by atoms with Crippen molar-refractivity contribution in [1.82, 2.24) is 14.9 Å². The number of rotatable bonds is 6. The molecule has 2 saturated heterocycles. The van der Waals surface area contributed by atoms with E-state index < -0.39 is 11.6 Å². The fraction of sp³-hybridized carbons (Fsp3) is 0.485. The van der Waals surface area contributed by atoms with Gasteiger partial charge < -0.3 is 24.8 Å². The largest absolute Gasteiger partial charge is 0.491 e. The lowest BCUT2D eigenvalue weighted by molar-refractivity contribution is 0.0231. The SMILES string of the molecule is N#CC1=C(N)Cc2c(F)ccc(-c3c(Cl)c4c5c(nc(OCC6(CN7CCOCC7)CC6)nc5c3F)N3CCCC3CCO4)c21. The average molecular weight is 635 g/mol. The number of allylic oxidation sites excluding steroid dienone is 2. The van der Waals surface area contributed by atoms with E-state index in [1.54, 1.807) is 0 Å². The Balaban J connectivity index is 1.27. The number of fused-ring (bicyclic) bond motifs is 3. The van der Waals surface area contributed by atoms with Crippen LogP contribution in [0.4, 0.5) is 14.6 Å². The molecule has 3 aliphatic heterocycles. The minimum Gasteiger partial charge on any atom is -0.491 e. The maximum Gasteiger partial charge on any atom is 0.319 e. The molecule has 3 aromatic rings. The molecule has 1 atom stereocenters. The Morgan fingerprint density at radius 2 is 1.93 bits per heavy atom. The van der Waals surface area contributed by atoms with Gasteiger partial charge in [0.05, 0.1) is 42.4 Å². The van der Waals surface area contributed by atoms with Crippen molar-refractivity contribution in [3.63, 3.8) is 0 Å².